The van der Waals surface area contributed by atoms with Crippen LogP contribution in [0.1, 0.15) is 29.2 Å². The first-order chi connectivity index (χ1) is 9.22. The molecule has 2 heterocycles. The van der Waals surface area contributed by atoms with Crippen LogP contribution in [-0.4, -0.2) is 11.8 Å². The molecule has 0 radical (unpaired) electrons. The fraction of sp³-hybridized carbons (Fsp3) is 0.357. The third-order valence-corrected chi connectivity index (χ3v) is 4.09. The van der Waals surface area contributed by atoms with Crippen molar-refractivity contribution in [3.63, 3.8) is 0 Å². The second-order valence-electron chi connectivity index (χ2n) is 4.60. The summed E-state index contributed by atoms with van der Waals surface area (Å²) >= 11 is 1.69. The molecule has 1 atom stereocenters. The largest absolute Gasteiger partial charge is 0.454 e. The fourth-order valence-electron chi connectivity index (χ4n) is 2.02. The first-order valence-corrected chi connectivity index (χ1v) is 7.14. The molecule has 19 heavy (non-hydrogen) atoms. The van der Waals surface area contributed by atoms with Crippen LogP contribution in [0, 0.1) is 6.92 Å². The zero-order valence-electron chi connectivity index (χ0n) is 11.0. The average molecular weight is 276 g/mol. The van der Waals surface area contributed by atoms with Crippen molar-refractivity contribution in [2.75, 3.05) is 6.79 Å². The highest BCUT2D eigenvalue weighted by molar-refractivity contribution is 7.09. The third kappa shape index (κ3) is 2.72. The van der Waals surface area contributed by atoms with Gasteiger partial charge in [-0.25, -0.2) is 4.98 Å². The van der Waals surface area contributed by atoms with Crippen molar-refractivity contribution in [1.82, 2.24) is 10.3 Å². The van der Waals surface area contributed by atoms with Crippen molar-refractivity contribution in [3.05, 3.63) is 39.8 Å². The van der Waals surface area contributed by atoms with Crippen LogP contribution in [0.15, 0.2) is 23.6 Å². The summed E-state index contributed by atoms with van der Waals surface area (Å²) in [5.74, 6) is 1.66. The van der Waals surface area contributed by atoms with Gasteiger partial charge in [-0.15, -0.1) is 11.3 Å². The molecule has 5 heteroatoms. The first kappa shape index (κ1) is 12.4. The van der Waals surface area contributed by atoms with Gasteiger partial charge >= 0.3 is 0 Å². The van der Waals surface area contributed by atoms with Gasteiger partial charge in [-0.05, 0) is 31.5 Å². The number of rotatable bonds is 4. The molecule has 0 spiro atoms. The Labute approximate surface area is 116 Å². The van der Waals surface area contributed by atoms with Crippen molar-refractivity contribution >= 4 is 11.3 Å². The molecular weight excluding hydrogens is 260 g/mol. The molecule has 1 aliphatic heterocycles. The van der Waals surface area contributed by atoms with E-state index in [0.717, 1.165) is 28.7 Å². The van der Waals surface area contributed by atoms with Crippen molar-refractivity contribution in [3.8, 4) is 11.5 Å². The van der Waals surface area contributed by atoms with Crippen LogP contribution in [-0.2, 0) is 6.54 Å². The molecule has 4 nitrogen and oxygen atoms in total. The second kappa shape index (κ2) is 5.19. The summed E-state index contributed by atoms with van der Waals surface area (Å²) in [7, 11) is 0. The Hall–Kier alpha value is -1.59. The lowest BCUT2D eigenvalue weighted by Crippen LogP contribution is -2.17. The number of fused-ring (bicyclic) bond motifs is 1. The molecule has 0 amide bonds. The minimum atomic E-state index is 0.249. The number of benzene rings is 1. The number of hydrogen-bond acceptors (Lipinski definition) is 5. The summed E-state index contributed by atoms with van der Waals surface area (Å²) in [5, 5.41) is 6.66. The Morgan fingerprint density at radius 2 is 2.21 bits per heavy atom. The summed E-state index contributed by atoms with van der Waals surface area (Å²) in [5.41, 5.74) is 2.27. The molecule has 0 aliphatic carbocycles. The Bertz CT molecular complexity index is 583. The molecule has 3 rings (SSSR count). The Morgan fingerprint density at radius 3 is 3.00 bits per heavy atom. The highest BCUT2D eigenvalue weighted by Gasteiger charge is 2.15. The lowest BCUT2D eigenvalue weighted by atomic mass is 10.1. The smallest absolute Gasteiger partial charge is 0.231 e. The van der Waals surface area contributed by atoms with Crippen LogP contribution in [0.2, 0.25) is 0 Å². The third-order valence-electron chi connectivity index (χ3n) is 3.12. The van der Waals surface area contributed by atoms with Crippen LogP contribution in [0.5, 0.6) is 11.5 Å². The number of aromatic nitrogens is 1. The summed E-state index contributed by atoms with van der Waals surface area (Å²) in [6.07, 6.45) is 0. The van der Waals surface area contributed by atoms with Crippen molar-refractivity contribution < 1.29 is 9.47 Å². The molecule has 0 fully saturated rings. The molecule has 100 valence electrons. The van der Waals surface area contributed by atoms with Gasteiger partial charge in [0.2, 0.25) is 6.79 Å². The SMILES string of the molecule is Cc1csc(CNC(C)c2ccc3c(c2)OCO3)n1. The maximum atomic E-state index is 5.40. The van der Waals surface area contributed by atoms with E-state index in [1.807, 2.05) is 19.1 Å². The van der Waals surface area contributed by atoms with Gasteiger partial charge in [0.15, 0.2) is 11.5 Å². The van der Waals surface area contributed by atoms with E-state index in [0.29, 0.717) is 6.79 Å². The maximum Gasteiger partial charge on any atom is 0.231 e. The van der Waals surface area contributed by atoms with Gasteiger partial charge in [-0.3, -0.25) is 0 Å². The average Bonchev–Trinajstić information content (AvgIpc) is 3.03. The van der Waals surface area contributed by atoms with E-state index in [-0.39, 0.29) is 6.04 Å². The summed E-state index contributed by atoms with van der Waals surface area (Å²) in [6.45, 7) is 5.26. The van der Waals surface area contributed by atoms with Crippen LogP contribution in [0.4, 0.5) is 0 Å². The topological polar surface area (TPSA) is 43.4 Å². The predicted molar refractivity (Wildman–Crippen MR) is 74.7 cm³/mol. The van der Waals surface area contributed by atoms with E-state index in [9.17, 15) is 0 Å². The van der Waals surface area contributed by atoms with E-state index in [1.165, 1.54) is 5.56 Å². The lowest BCUT2D eigenvalue weighted by Gasteiger charge is -2.13. The molecule has 1 aromatic carbocycles. The van der Waals surface area contributed by atoms with Gasteiger partial charge in [0.25, 0.3) is 0 Å². The van der Waals surface area contributed by atoms with Crippen molar-refractivity contribution in [1.29, 1.82) is 0 Å². The summed E-state index contributed by atoms with van der Waals surface area (Å²) < 4.78 is 10.7. The first-order valence-electron chi connectivity index (χ1n) is 6.26. The number of ether oxygens (including phenoxy) is 2. The van der Waals surface area contributed by atoms with Crippen LogP contribution >= 0.6 is 11.3 Å². The van der Waals surface area contributed by atoms with Gasteiger partial charge in [-0.2, -0.15) is 0 Å². The van der Waals surface area contributed by atoms with E-state index in [2.05, 4.69) is 28.7 Å². The molecule has 0 saturated carbocycles. The molecule has 1 aliphatic rings. The maximum absolute atomic E-state index is 5.40. The van der Waals surface area contributed by atoms with E-state index < -0.39 is 0 Å². The number of hydrogen-bond donors (Lipinski definition) is 1. The lowest BCUT2D eigenvalue weighted by molar-refractivity contribution is 0.174. The van der Waals surface area contributed by atoms with Crippen molar-refractivity contribution in [2.24, 2.45) is 0 Å². The van der Waals surface area contributed by atoms with E-state index >= 15 is 0 Å². The molecular formula is C14H16N2O2S. The van der Waals surface area contributed by atoms with E-state index in [1.54, 1.807) is 11.3 Å². The van der Waals surface area contributed by atoms with Crippen LogP contribution in [0.25, 0.3) is 0 Å². The van der Waals surface area contributed by atoms with Gasteiger partial charge in [0.05, 0.1) is 0 Å². The molecule has 1 unspecified atom stereocenters. The van der Waals surface area contributed by atoms with Crippen LogP contribution < -0.4 is 14.8 Å². The molecule has 0 bridgehead atoms. The van der Waals surface area contributed by atoms with Gasteiger partial charge in [-0.1, -0.05) is 6.07 Å². The summed E-state index contributed by atoms with van der Waals surface area (Å²) in [4.78, 5) is 4.45. The van der Waals surface area contributed by atoms with Gasteiger partial charge < -0.3 is 14.8 Å². The number of nitrogens with zero attached hydrogens (tertiary/aromatic N) is 1. The summed E-state index contributed by atoms with van der Waals surface area (Å²) in [6, 6.07) is 6.31. The van der Waals surface area contributed by atoms with Gasteiger partial charge in [0, 0.05) is 23.7 Å². The molecule has 1 aromatic heterocycles. The normalized spacial score (nSPS) is 14.6. The molecule has 2 aromatic rings. The minimum absolute atomic E-state index is 0.249. The quantitative estimate of drug-likeness (QED) is 0.932. The highest BCUT2D eigenvalue weighted by Crippen LogP contribution is 2.34. The monoisotopic (exact) mass is 276 g/mol. The molecule has 0 saturated heterocycles. The number of nitrogens with one attached hydrogen (secondary N) is 1. The standard InChI is InChI=1S/C14H16N2O2S/c1-9-7-19-14(16-9)6-15-10(2)11-3-4-12-13(5-11)18-8-17-12/h3-5,7,10,15H,6,8H2,1-2H3. The zero-order valence-corrected chi connectivity index (χ0v) is 11.8. The fourth-order valence-corrected chi connectivity index (χ4v) is 2.75. The number of aryl methyl sites for hydroxylation is 1. The molecule has 1 N–H and O–H groups in total. The highest BCUT2D eigenvalue weighted by atomic mass is 32.1. The Balaban J connectivity index is 1.65. The zero-order chi connectivity index (χ0) is 13.2. The van der Waals surface area contributed by atoms with Crippen molar-refractivity contribution in [2.45, 2.75) is 26.4 Å². The van der Waals surface area contributed by atoms with E-state index in [4.69, 9.17) is 9.47 Å². The van der Waals surface area contributed by atoms with Crippen LogP contribution in [0.3, 0.4) is 0 Å². The minimum Gasteiger partial charge on any atom is -0.454 e. The Kier molecular flexibility index (Phi) is 3.40. The number of thiazole rings is 1. The van der Waals surface area contributed by atoms with Gasteiger partial charge in [0.1, 0.15) is 5.01 Å². The second-order valence-corrected chi connectivity index (χ2v) is 5.54. The predicted octanol–water partition coefficient (Wildman–Crippen LogP) is 3.03. The Morgan fingerprint density at radius 1 is 1.37 bits per heavy atom.